The van der Waals surface area contributed by atoms with Crippen LogP contribution in [0.15, 0.2) is 12.1 Å². The third kappa shape index (κ3) is 5.11. The zero-order chi connectivity index (χ0) is 19.3. The van der Waals surface area contributed by atoms with Gasteiger partial charge in [-0.05, 0) is 31.4 Å². The Bertz CT molecular complexity index is 789. The van der Waals surface area contributed by atoms with Crippen molar-refractivity contribution in [2.45, 2.75) is 57.1 Å². The van der Waals surface area contributed by atoms with Gasteiger partial charge in [0.05, 0.1) is 22.4 Å². The van der Waals surface area contributed by atoms with E-state index in [2.05, 4.69) is 4.72 Å². The second kappa shape index (κ2) is 9.06. The van der Waals surface area contributed by atoms with Crippen LogP contribution in [-0.2, 0) is 10.0 Å². The molecule has 26 heavy (non-hydrogen) atoms. The van der Waals surface area contributed by atoms with Crippen LogP contribution in [0.2, 0.25) is 5.02 Å². The molecular weight excluding hydrogens is 381 g/mol. The van der Waals surface area contributed by atoms with Crippen LogP contribution < -0.4 is 4.72 Å². The minimum atomic E-state index is -3.64. The summed E-state index contributed by atoms with van der Waals surface area (Å²) in [5.74, 6) is -1.94. The highest BCUT2D eigenvalue weighted by molar-refractivity contribution is 7.90. The molecule has 8 heteroatoms. The van der Waals surface area contributed by atoms with Crippen molar-refractivity contribution >= 4 is 33.2 Å². The fourth-order valence-electron chi connectivity index (χ4n) is 3.08. The lowest BCUT2D eigenvalue weighted by Gasteiger charge is -2.21. The first-order valence-corrected chi connectivity index (χ1v) is 10.7. The maximum absolute atomic E-state index is 14.2. The summed E-state index contributed by atoms with van der Waals surface area (Å²) in [4.78, 5) is 24.3. The van der Waals surface area contributed by atoms with Crippen molar-refractivity contribution in [3.05, 3.63) is 34.1 Å². The summed E-state index contributed by atoms with van der Waals surface area (Å²) in [7, 11) is -3.64. The summed E-state index contributed by atoms with van der Waals surface area (Å²) in [5, 5.41) is -0.847. The average Bonchev–Trinajstić information content (AvgIpc) is 2.63. The molecule has 1 aromatic rings. The minimum absolute atomic E-state index is 0.150. The average molecular weight is 404 g/mol. The molecule has 1 aliphatic rings. The molecule has 0 radical (unpaired) electrons. The Morgan fingerprint density at radius 1 is 1.19 bits per heavy atom. The first kappa shape index (κ1) is 21.0. The fourth-order valence-corrected chi connectivity index (χ4v) is 4.82. The van der Waals surface area contributed by atoms with Crippen LogP contribution in [0.5, 0.6) is 0 Å². The van der Waals surface area contributed by atoms with E-state index < -0.39 is 33.4 Å². The Hall–Kier alpha value is -1.31. The summed E-state index contributed by atoms with van der Waals surface area (Å²) in [5.41, 5.74) is -0.222. The van der Waals surface area contributed by atoms with Gasteiger partial charge >= 0.3 is 0 Å². The standard InChI is InChI=1S/C18H23ClFNO4S/c1-2-6-16(22)12-9-14(18(20)15(19)10-12)17(23)11-21-26(24,25)13-7-4-3-5-8-13/h9-10,13,21H,2-8,11H2,1H3. The van der Waals surface area contributed by atoms with Gasteiger partial charge in [0.15, 0.2) is 17.4 Å². The van der Waals surface area contributed by atoms with Gasteiger partial charge in [-0.1, -0.05) is 37.8 Å². The number of Topliss-reactive ketones (excluding diaryl/α,β-unsaturated/α-hetero) is 2. The fraction of sp³-hybridized carbons (Fsp3) is 0.556. The van der Waals surface area contributed by atoms with Crippen molar-refractivity contribution in [3.63, 3.8) is 0 Å². The zero-order valence-corrected chi connectivity index (χ0v) is 16.3. The molecule has 0 bridgehead atoms. The Kier molecular flexibility index (Phi) is 7.32. The molecule has 0 aliphatic heterocycles. The molecule has 1 fully saturated rings. The van der Waals surface area contributed by atoms with E-state index in [0.717, 1.165) is 25.3 Å². The van der Waals surface area contributed by atoms with E-state index in [1.165, 1.54) is 6.07 Å². The zero-order valence-electron chi connectivity index (χ0n) is 14.7. The molecule has 1 N–H and O–H groups in total. The van der Waals surface area contributed by atoms with E-state index in [-0.39, 0.29) is 28.4 Å². The third-order valence-corrected chi connectivity index (χ3v) is 6.72. The molecule has 0 heterocycles. The Morgan fingerprint density at radius 3 is 2.46 bits per heavy atom. The highest BCUT2D eigenvalue weighted by Gasteiger charge is 2.28. The first-order valence-electron chi connectivity index (χ1n) is 8.80. The number of carbonyl (C=O) groups is 2. The number of carbonyl (C=O) groups excluding carboxylic acids is 2. The van der Waals surface area contributed by atoms with Gasteiger partial charge in [-0.15, -0.1) is 0 Å². The molecule has 1 aliphatic carbocycles. The van der Waals surface area contributed by atoms with Gasteiger partial charge < -0.3 is 0 Å². The van der Waals surface area contributed by atoms with Gasteiger partial charge in [0.2, 0.25) is 10.0 Å². The van der Waals surface area contributed by atoms with Crippen LogP contribution >= 0.6 is 11.6 Å². The van der Waals surface area contributed by atoms with Crippen molar-refractivity contribution in [1.29, 1.82) is 0 Å². The molecule has 5 nitrogen and oxygen atoms in total. The number of benzene rings is 1. The molecule has 0 amide bonds. The number of rotatable bonds is 8. The van der Waals surface area contributed by atoms with Crippen LogP contribution in [0.3, 0.4) is 0 Å². The lowest BCUT2D eigenvalue weighted by molar-refractivity contribution is 0.0981. The largest absolute Gasteiger partial charge is 0.294 e. The topological polar surface area (TPSA) is 80.3 Å². The molecule has 0 unspecified atom stereocenters. The Labute approximate surface area is 158 Å². The highest BCUT2D eigenvalue weighted by atomic mass is 35.5. The van der Waals surface area contributed by atoms with Crippen LogP contribution in [-0.4, -0.2) is 31.8 Å². The number of hydrogen-bond donors (Lipinski definition) is 1. The molecule has 1 saturated carbocycles. The van der Waals surface area contributed by atoms with Crippen LogP contribution in [0.1, 0.15) is 72.6 Å². The molecule has 1 aromatic carbocycles. The first-order chi connectivity index (χ1) is 12.3. The number of halogens is 2. The van der Waals surface area contributed by atoms with Gasteiger partial charge in [0.1, 0.15) is 0 Å². The van der Waals surface area contributed by atoms with E-state index in [9.17, 15) is 22.4 Å². The molecule has 0 spiro atoms. The molecule has 2 rings (SSSR count). The maximum atomic E-state index is 14.2. The van der Waals surface area contributed by atoms with E-state index in [0.29, 0.717) is 19.3 Å². The summed E-state index contributed by atoms with van der Waals surface area (Å²) < 4.78 is 41.1. The lowest BCUT2D eigenvalue weighted by Crippen LogP contribution is -2.38. The van der Waals surface area contributed by atoms with Gasteiger partial charge in [-0.2, -0.15) is 0 Å². The second-order valence-electron chi connectivity index (χ2n) is 6.54. The van der Waals surface area contributed by atoms with E-state index >= 15 is 0 Å². The number of sulfonamides is 1. The SMILES string of the molecule is CCCC(=O)c1cc(Cl)c(F)c(C(=O)CNS(=O)(=O)C2CCCCC2)c1. The summed E-state index contributed by atoms with van der Waals surface area (Å²) in [6.07, 6.45) is 4.67. The molecule has 0 aromatic heterocycles. The molecular formula is C18H23ClFNO4S. The smallest absolute Gasteiger partial charge is 0.214 e. The van der Waals surface area contributed by atoms with E-state index in [4.69, 9.17) is 11.6 Å². The van der Waals surface area contributed by atoms with Crippen LogP contribution in [0.25, 0.3) is 0 Å². The number of ketones is 2. The molecule has 0 atom stereocenters. The van der Waals surface area contributed by atoms with Crippen molar-refractivity contribution in [2.75, 3.05) is 6.54 Å². The van der Waals surface area contributed by atoms with E-state index in [1.54, 1.807) is 0 Å². The summed E-state index contributed by atoms with van der Waals surface area (Å²) >= 11 is 5.80. The molecule has 144 valence electrons. The van der Waals surface area contributed by atoms with Crippen molar-refractivity contribution in [2.24, 2.45) is 0 Å². The summed E-state index contributed by atoms with van der Waals surface area (Å²) in [6.45, 7) is 1.27. The predicted molar refractivity (Wildman–Crippen MR) is 98.8 cm³/mol. The van der Waals surface area contributed by atoms with Gasteiger partial charge in [-0.3, -0.25) is 9.59 Å². The number of nitrogens with one attached hydrogen (secondary N) is 1. The Morgan fingerprint density at radius 2 is 1.85 bits per heavy atom. The minimum Gasteiger partial charge on any atom is -0.294 e. The monoisotopic (exact) mass is 403 g/mol. The number of hydrogen-bond acceptors (Lipinski definition) is 4. The predicted octanol–water partition coefficient (Wildman–Crippen LogP) is 3.90. The van der Waals surface area contributed by atoms with Crippen molar-refractivity contribution in [3.8, 4) is 0 Å². The van der Waals surface area contributed by atoms with Crippen LogP contribution in [0, 0.1) is 5.82 Å². The van der Waals surface area contributed by atoms with Crippen molar-refractivity contribution in [1.82, 2.24) is 4.72 Å². The lowest BCUT2D eigenvalue weighted by atomic mass is 10.0. The van der Waals surface area contributed by atoms with Gasteiger partial charge in [0, 0.05) is 12.0 Å². The summed E-state index contributed by atoms with van der Waals surface area (Å²) in [6, 6.07) is 2.34. The van der Waals surface area contributed by atoms with Gasteiger partial charge in [0.25, 0.3) is 0 Å². The highest BCUT2D eigenvalue weighted by Crippen LogP contribution is 2.24. The van der Waals surface area contributed by atoms with E-state index in [1.807, 2.05) is 6.92 Å². The molecule has 0 saturated heterocycles. The van der Waals surface area contributed by atoms with Gasteiger partial charge in [-0.25, -0.2) is 17.5 Å². The Balaban J connectivity index is 2.14. The van der Waals surface area contributed by atoms with Crippen molar-refractivity contribution < 1.29 is 22.4 Å². The van der Waals surface area contributed by atoms with Crippen LogP contribution in [0.4, 0.5) is 4.39 Å². The normalized spacial score (nSPS) is 15.8. The third-order valence-electron chi connectivity index (χ3n) is 4.55. The quantitative estimate of drug-likeness (QED) is 0.667. The second-order valence-corrected chi connectivity index (χ2v) is 8.99. The maximum Gasteiger partial charge on any atom is 0.214 e.